The van der Waals surface area contributed by atoms with E-state index in [1.165, 1.54) is 29.8 Å². The quantitative estimate of drug-likeness (QED) is 0.160. The van der Waals surface area contributed by atoms with Crippen LogP contribution in [0.3, 0.4) is 0 Å². The van der Waals surface area contributed by atoms with E-state index < -0.39 is 17.8 Å². The molecule has 7 nitrogen and oxygen atoms in total. The number of rotatable bonds is 11. The highest BCUT2D eigenvalue weighted by Gasteiger charge is 2.45. The highest BCUT2D eigenvalue weighted by molar-refractivity contribution is 6.03. The third kappa shape index (κ3) is 6.95. The molecule has 5 aromatic rings. The van der Waals surface area contributed by atoms with Gasteiger partial charge in [-0.2, -0.15) is 23.5 Å². The molecule has 0 unspecified atom stereocenters. The van der Waals surface area contributed by atoms with Crippen LogP contribution in [0, 0.1) is 11.3 Å². The Morgan fingerprint density at radius 3 is 2.41 bits per heavy atom. The smallest absolute Gasteiger partial charge is 0.435 e. The van der Waals surface area contributed by atoms with Crippen LogP contribution in [0.15, 0.2) is 109 Å². The standard InChI is InChI=1S/C36H30F3N5O2/c37-36(38,39)33-20-31(44(43-33)29-13-7-10-26(19-29)21-40)34(45)42-28-12-6-11-27(18-28)22-41-24-35(16-17-35)30-14-4-5-15-32(30)46-23-25-8-2-1-3-9-25/h1-15,18-20,41H,16-17,22-24H2,(H,42,45). The highest BCUT2D eigenvalue weighted by Crippen LogP contribution is 2.51. The fourth-order valence-corrected chi connectivity index (χ4v) is 5.44. The summed E-state index contributed by atoms with van der Waals surface area (Å²) in [4.78, 5) is 13.3. The molecule has 0 atom stereocenters. The van der Waals surface area contributed by atoms with E-state index in [0.717, 1.165) is 40.9 Å². The molecule has 0 saturated heterocycles. The van der Waals surface area contributed by atoms with E-state index >= 15 is 0 Å². The number of carbonyl (C=O) groups excluding carboxylic acids is 1. The number of aromatic nitrogens is 2. The van der Waals surface area contributed by atoms with Gasteiger partial charge in [0, 0.05) is 35.8 Å². The van der Waals surface area contributed by atoms with Gasteiger partial charge in [-0.15, -0.1) is 0 Å². The number of para-hydroxylation sites is 1. The van der Waals surface area contributed by atoms with Gasteiger partial charge in [-0.3, -0.25) is 4.79 Å². The van der Waals surface area contributed by atoms with Gasteiger partial charge in [0.05, 0.1) is 17.3 Å². The summed E-state index contributed by atoms with van der Waals surface area (Å²) in [7, 11) is 0. The van der Waals surface area contributed by atoms with E-state index in [9.17, 15) is 23.2 Å². The van der Waals surface area contributed by atoms with Crippen molar-refractivity contribution in [3.05, 3.63) is 143 Å². The lowest BCUT2D eigenvalue weighted by molar-refractivity contribution is -0.141. The number of hydrogen-bond acceptors (Lipinski definition) is 5. The summed E-state index contributed by atoms with van der Waals surface area (Å²) in [6, 6.07) is 33.9. The lowest BCUT2D eigenvalue weighted by Gasteiger charge is -2.21. The molecule has 46 heavy (non-hydrogen) atoms. The van der Waals surface area contributed by atoms with Crippen LogP contribution in [0.25, 0.3) is 5.69 Å². The molecule has 1 aliphatic carbocycles. The van der Waals surface area contributed by atoms with Gasteiger partial charge in [0.15, 0.2) is 5.69 Å². The molecule has 0 radical (unpaired) electrons. The average molecular weight is 622 g/mol. The van der Waals surface area contributed by atoms with Crippen LogP contribution < -0.4 is 15.4 Å². The van der Waals surface area contributed by atoms with Gasteiger partial charge in [0.1, 0.15) is 18.1 Å². The maximum Gasteiger partial charge on any atom is 0.435 e. The lowest BCUT2D eigenvalue weighted by Crippen LogP contribution is -2.27. The van der Waals surface area contributed by atoms with E-state index in [-0.39, 0.29) is 22.4 Å². The summed E-state index contributed by atoms with van der Waals surface area (Å²) < 4.78 is 47.8. The normalized spacial score (nSPS) is 13.5. The van der Waals surface area contributed by atoms with Crippen molar-refractivity contribution in [1.82, 2.24) is 15.1 Å². The second-order valence-electron chi connectivity index (χ2n) is 11.3. The van der Waals surface area contributed by atoms with Gasteiger partial charge in [-0.1, -0.05) is 66.7 Å². The van der Waals surface area contributed by atoms with Crippen molar-refractivity contribution < 1.29 is 22.7 Å². The molecular formula is C36H30F3N5O2. The van der Waals surface area contributed by atoms with Crippen molar-refractivity contribution in [3.63, 3.8) is 0 Å². The van der Waals surface area contributed by atoms with E-state index in [0.29, 0.717) is 24.9 Å². The minimum atomic E-state index is -4.76. The molecule has 0 spiro atoms. The monoisotopic (exact) mass is 621 g/mol. The summed E-state index contributed by atoms with van der Waals surface area (Å²) in [5.41, 5.74) is 2.44. The molecule has 1 saturated carbocycles. The number of anilines is 1. The number of carbonyl (C=O) groups is 1. The number of alkyl halides is 3. The summed E-state index contributed by atoms with van der Waals surface area (Å²) in [5.74, 6) is 0.113. The Labute approximate surface area is 264 Å². The van der Waals surface area contributed by atoms with Crippen molar-refractivity contribution in [2.24, 2.45) is 0 Å². The molecule has 10 heteroatoms. The lowest BCUT2D eigenvalue weighted by atomic mass is 9.94. The number of hydrogen-bond donors (Lipinski definition) is 2. The molecule has 1 fully saturated rings. The second-order valence-corrected chi connectivity index (χ2v) is 11.3. The van der Waals surface area contributed by atoms with Gasteiger partial charge in [-0.05, 0) is 60.4 Å². The summed E-state index contributed by atoms with van der Waals surface area (Å²) in [6.07, 6.45) is -2.69. The molecule has 1 aromatic heterocycles. The van der Waals surface area contributed by atoms with Gasteiger partial charge >= 0.3 is 6.18 Å². The molecule has 4 aromatic carbocycles. The number of nitrogens with zero attached hydrogens (tertiary/aromatic N) is 3. The van der Waals surface area contributed by atoms with Crippen molar-refractivity contribution in [2.45, 2.75) is 37.6 Å². The third-order valence-electron chi connectivity index (χ3n) is 7.98. The Bertz CT molecular complexity index is 1890. The van der Waals surface area contributed by atoms with Gasteiger partial charge in [-0.25, -0.2) is 4.68 Å². The number of nitriles is 1. The van der Waals surface area contributed by atoms with Crippen molar-refractivity contribution in [2.75, 3.05) is 11.9 Å². The first-order valence-corrected chi connectivity index (χ1v) is 14.8. The predicted molar refractivity (Wildman–Crippen MR) is 168 cm³/mol. The minimum Gasteiger partial charge on any atom is -0.489 e. The van der Waals surface area contributed by atoms with E-state index in [2.05, 4.69) is 21.8 Å². The van der Waals surface area contributed by atoms with E-state index in [4.69, 9.17) is 4.74 Å². The number of nitrogens with one attached hydrogen (secondary N) is 2. The molecule has 0 aliphatic heterocycles. The van der Waals surface area contributed by atoms with Crippen LogP contribution >= 0.6 is 0 Å². The molecule has 1 aliphatic rings. The van der Waals surface area contributed by atoms with Crippen LogP contribution in [0.4, 0.5) is 18.9 Å². The molecular weight excluding hydrogens is 591 g/mol. The fourth-order valence-electron chi connectivity index (χ4n) is 5.44. The Morgan fingerprint density at radius 1 is 0.913 bits per heavy atom. The molecule has 0 bridgehead atoms. The van der Waals surface area contributed by atoms with Crippen molar-refractivity contribution in [1.29, 1.82) is 5.26 Å². The summed E-state index contributed by atoms with van der Waals surface area (Å²) in [6.45, 7) is 1.75. The van der Waals surface area contributed by atoms with E-state index in [1.807, 2.05) is 60.7 Å². The number of amides is 1. The third-order valence-corrected chi connectivity index (χ3v) is 7.98. The molecule has 1 amide bonds. The number of halogens is 3. The second kappa shape index (κ2) is 12.9. The average Bonchev–Trinajstić information content (AvgIpc) is 3.70. The maximum absolute atomic E-state index is 13.6. The zero-order valence-corrected chi connectivity index (χ0v) is 24.7. The van der Waals surface area contributed by atoms with Crippen LogP contribution in [-0.2, 0) is 24.7 Å². The zero-order valence-electron chi connectivity index (χ0n) is 24.7. The fraction of sp³-hybridized carbons (Fsp3) is 0.194. The van der Waals surface area contributed by atoms with Crippen LogP contribution in [0.2, 0.25) is 0 Å². The van der Waals surface area contributed by atoms with E-state index in [1.54, 1.807) is 18.2 Å². The molecule has 232 valence electrons. The first kappa shape index (κ1) is 30.6. The minimum absolute atomic E-state index is 0.0312. The van der Waals surface area contributed by atoms with Crippen LogP contribution in [0.5, 0.6) is 5.75 Å². The first-order valence-electron chi connectivity index (χ1n) is 14.8. The van der Waals surface area contributed by atoms with Gasteiger partial charge in [0.25, 0.3) is 5.91 Å². The topological polar surface area (TPSA) is 92.0 Å². The first-order chi connectivity index (χ1) is 22.2. The van der Waals surface area contributed by atoms with Crippen LogP contribution in [-0.4, -0.2) is 22.2 Å². The largest absolute Gasteiger partial charge is 0.489 e. The highest BCUT2D eigenvalue weighted by atomic mass is 19.4. The Morgan fingerprint density at radius 2 is 1.65 bits per heavy atom. The maximum atomic E-state index is 13.6. The Balaban J connectivity index is 1.12. The zero-order chi connectivity index (χ0) is 32.1. The van der Waals surface area contributed by atoms with Gasteiger partial charge in [0.2, 0.25) is 0 Å². The Kier molecular flexibility index (Phi) is 8.59. The molecule has 2 N–H and O–H groups in total. The summed E-state index contributed by atoms with van der Waals surface area (Å²) in [5, 5.41) is 19.1. The van der Waals surface area contributed by atoms with Gasteiger partial charge < -0.3 is 15.4 Å². The SMILES string of the molecule is N#Cc1cccc(-n2nc(C(F)(F)F)cc2C(=O)Nc2cccc(CNCC3(c4ccccc4OCc4ccccc4)CC3)c2)c1. The molecule has 6 rings (SSSR count). The Hall–Kier alpha value is -5.40. The van der Waals surface area contributed by atoms with Crippen molar-refractivity contribution >= 4 is 11.6 Å². The summed E-state index contributed by atoms with van der Waals surface area (Å²) >= 11 is 0. The van der Waals surface area contributed by atoms with Crippen molar-refractivity contribution in [3.8, 4) is 17.5 Å². The molecule has 1 heterocycles. The predicted octanol–water partition coefficient (Wildman–Crippen LogP) is 7.42. The number of benzene rings is 4. The number of ether oxygens (including phenoxy) is 1. The van der Waals surface area contributed by atoms with Crippen LogP contribution in [0.1, 0.15) is 51.3 Å².